The summed E-state index contributed by atoms with van der Waals surface area (Å²) in [5.74, 6) is 1.41. The standard InChI is InChI=1S/C23H21ClN2O5/c1-13(2)29-23(27)31-22-18(12-28-3)21-17-10-16(30-15-6-4-5-14(24)9-15)7-8-19(17)26-20(21)11-25-22/h4-11,13,26H,12H2,1-3H3. The molecule has 0 spiro atoms. The third-order valence-electron chi connectivity index (χ3n) is 4.50. The van der Waals surface area contributed by atoms with Crippen molar-refractivity contribution in [2.75, 3.05) is 7.11 Å². The molecule has 8 heteroatoms. The van der Waals surface area contributed by atoms with Crippen molar-refractivity contribution in [3.05, 3.63) is 59.2 Å². The lowest BCUT2D eigenvalue weighted by Crippen LogP contribution is -2.17. The highest BCUT2D eigenvalue weighted by Crippen LogP contribution is 2.36. The fourth-order valence-corrected chi connectivity index (χ4v) is 3.49. The molecule has 0 atom stereocenters. The molecule has 2 aromatic carbocycles. The fourth-order valence-electron chi connectivity index (χ4n) is 3.31. The van der Waals surface area contributed by atoms with Crippen LogP contribution in [0.5, 0.6) is 17.4 Å². The van der Waals surface area contributed by atoms with Gasteiger partial charge in [0.15, 0.2) is 0 Å². The quantitative estimate of drug-likeness (QED) is 0.358. The zero-order valence-electron chi connectivity index (χ0n) is 17.3. The van der Waals surface area contributed by atoms with Gasteiger partial charge in [-0.05, 0) is 50.2 Å². The van der Waals surface area contributed by atoms with Crippen LogP contribution < -0.4 is 9.47 Å². The maximum Gasteiger partial charge on any atom is 0.515 e. The Morgan fingerprint density at radius 3 is 2.68 bits per heavy atom. The molecule has 7 nitrogen and oxygen atoms in total. The van der Waals surface area contributed by atoms with Gasteiger partial charge in [-0.1, -0.05) is 17.7 Å². The largest absolute Gasteiger partial charge is 0.515 e. The summed E-state index contributed by atoms with van der Waals surface area (Å²) < 4.78 is 21.8. The maximum absolute atomic E-state index is 12.0. The van der Waals surface area contributed by atoms with Crippen molar-refractivity contribution >= 4 is 39.6 Å². The Bertz CT molecular complexity index is 1250. The van der Waals surface area contributed by atoms with Gasteiger partial charge in [-0.3, -0.25) is 0 Å². The number of H-pyrrole nitrogens is 1. The van der Waals surface area contributed by atoms with Crippen molar-refractivity contribution in [3.8, 4) is 17.4 Å². The van der Waals surface area contributed by atoms with E-state index in [4.69, 9.17) is 30.5 Å². The summed E-state index contributed by atoms with van der Waals surface area (Å²) in [4.78, 5) is 19.6. The summed E-state index contributed by atoms with van der Waals surface area (Å²) in [5, 5.41) is 2.30. The van der Waals surface area contributed by atoms with Crippen molar-refractivity contribution in [1.82, 2.24) is 9.97 Å². The lowest BCUT2D eigenvalue weighted by Gasteiger charge is -2.12. The average Bonchev–Trinajstić information content (AvgIpc) is 3.07. The summed E-state index contributed by atoms with van der Waals surface area (Å²) in [6.07, 6.45) is 0.495. The molecule has 0 aliphatic carbocycles. The van der Waals surface area contributed by atoms with E-state index in [2.05, 4.69) is 9.97 Å². The Morgan fingerprint density at radius 2 is 1.94 bits per heavy atom. The van der Waals surface area contributed by atoms with Crippen LogP contribution in [0.25, 0.3) is 21.8 Å². The number of nitrogens with one attached hydrogen (secondary N) is 1. The van der Waals surface area contributed by atoms with Crippen LogP contribution in [0.1, 0.15) is 19.4 Å². The molecule has 0 aliphatic heterocycles. The Morgan fingerprint density at radius 1 is 1.13 bits per heavy atom. The van der Waals surface area contributed by atoms with Gasteiger partial charge in [-0.25, -0.2) is 9.78 Å². The first-order valence-electron chi connectivity index (χ1n) is 9.68. The second-order valence-electron chi connectivity index (χ2n) is 7.17. The van der Waals surface area contributed by atoms with Crippen LogP contribution in [0.15, 0.2) is 48.7 Å². The number of hydrogen-bond acceptors (Lipinski definition) is 6. The van der Waals surface area contributed by atoms with E-state index in [1.807, 2.05) is 30.3 Å². The average molecular weight is 441 g/mol. The summed E-state index contributed by atoms with van der Waals surface area (Å²) >= 11 is 6.06. The van der Waals surface area contributed by atoms with Crippen LogP contribution in [0.2, 0.25) is 5.02 Å². The Kier molecular flexibility index (Phi) is 5.97. The summed E-state index contributed by atoms with van der Waals surface area (Å²) in [5.41, 5.74) is 2.30. The third-order valence-corrected chi connectivity index (χ3v) is 4.74. The van der Waals surface area contributed by atoms with Gasteiger partial charge in [0.1, 0.15) is 11.5 Å². The van der Waals surface area contributed by atoms with Crippen molar-refractivity contribution in [3.63, 3.8) is 0 Å². The zero-order valence-corrected chi connectivity index (χ0v) is 18.0. The first kappa shape index (κ1) is 21.0. The number of halogens is 1. The lowest BCUT2D eigenvalue weighted by molar-refractivity contribution is 0.0705. The van der Waals surface area contributed by atoms with Crippen LogP contribution in [-0.4, -0.2) is 29.3 Å². The molecule has 1 N–H and O–H groups in total. The van der Waals surface area contributed by atoms with Crippen molar-refractivity contribution in [1.29, 1.82) is 0 Å². The summed E-state index contributed by atoms with van der Waals surface area (Å²) in [6.45, 7) is 3.69. The molecule has 0 unspecified atom stereocenters. The SMILES string of the molecule is COCc1c(OC(=O)OC(C)C)ncc2[nH]c3ccc(Oc4cccc(Cl)c4)cc3c12. The number of aromatic amines is 1. The number of methoxy groups -OCH3 is 1. The first-order chi connectivity index (χ1) is 14.9. The number of ether oxygens (including phenoxy) is 4. The second-order valence-corrected chi connectivity index (χ2v) is 7.61. The van der Waals surface area contributed by atoms with Crippen molar-refractivity contribution in [2.45, 2.75) is 26.6 Å². The van der Waals surface area contributed by atoms with Crippen LogP contribution >= 0.6 is 11.6 Å². The molecule has 4 aromatic rings. The minimum atomic E-state index is -0.816. The van der Waals surface area contributed by atoms with E-state index in [-0.39, 0.29) is 18.6 Å². The van der Waals surface area contributed by atoms with Gasteiger partial charge in [-0.2, -0.15) is 0 Å². The van der Waals surface area contributed by atoms with Gasteiger partial charge in [0.25, 0.3) is 0 Å². The van der Waals surface area contributed by atoms with E-state index in [1.54, 1.807) is 39.3 Å². The van der Waals surface area contributed by atoms with Gasteiger partial charge in [0.05, 0.1) is 30.0 Å². The number of carbonyl (C=O) groups is 1. The monoisotopic (exact) mass is 440 g/mol. The lowest BCUT2D eigenvalue weighted by atomic mass is 10.1. The molecule has 0 radical (unpaired) electrons. The van der Waals surface area contributed by atoms with Crippen LogP contribution in [0.3, 0.4) is 0 Å². The molecular formula is C23H21ClN2O5. The minimum absolute atomic E-state index is 0.141. The normalized spacial score (nSPS) is 11.3. The molecule has 31 heavy (non-hydrogen) atoms. The van der Waals surface area contributed by atoms with Crippen LogP contribution in [-0.2, 0) is 16.1 Å². The number of hydrogen-bond donors (Lipinski definition) is 1. The minimum Gasteiger partial charge on any atom is -0.457 e. The Balaban J connectivity index is 1.79. The molecule has 2 aromatic heterocycles. The topological polar surface area (TPSA) is 82.7 Å². The maximum atomic E-state index is 12.0. The highest BCUT2D eigenvalue weighted by Gasteiger charge is 2.19. The molecule has 4 rings (SSSR count). The number of aromatic nitrogens is 2. The van der Waals surface area contributed by atoms with Crippen molar-refractivity contribution in [2.24, 2.45) is 0 Å². The van der Waals surface area contributed by atoms with E-state index in [9.17, 15) is 4.79 Å². The molecule has 0 amide bonds. The fraction of sp³-hybridized carbons (Fsp3) is 0.217. The van der Waals surface area contributed by atoms with Crippen LogP contribution in [0, 0.1) is 0 Å². The van der Waals surface area contributed by atoms with Gasteiger partial charge in [0, 0.05) is 28.4 Å². The number of fused-ring (bicyclic) bond motifs is 3. The van der Waals surface area contributed by atoms with Gasteiger partial charge in [-0.15, -0.1) is 0 Å². The molecule has 2 heterocycles. The van der Waals surface area contributed by atoms with E-state index >= 15 is 0 Å². The van der Waals surface area contributed by atoms with Gasteiger partial charge >= 0.3 is 6.16 Å². The third kappa shape index (κ3) is 4.57. The van der Waals surface area contributed by atoms with Crippen LogP contribution in [0.4, 0.5) is 4.79 Å². The number of rotatable bonds is 6. The smallest absolute Gasteiger partial charge is 0.457 e. The highest BCUT2D eigenvalue weighted by molar-refractivity contribution is 6.30. The molecule has 0 saturated carbocycles. The summed E-state index contributed by atoms with van der Waals surface area (Å²) in [6, 6.07) is 12.9. The second kappa shape index (κ2) is 8.83. The number of pyridine rings is 1. The number of carbonyl (C=O) groups excluding carboxylic acids is 1. The zero-order chi connectivity index (χ0) is 22.0. The Hall–Kier alpha value is -3.29. The molecule has 0 fully saturated rings. The molecule has 160 valence electrons. The molecule has 0 saturated heterocycles. The van der Waals surface area contributed by atoms with E-state index < -0.39 is 6.16 Å². The first-order valence-corrected chi connectivity index (χ1v) is 10.1. The predicted octanol–water partition coefficient (Wildman–Crippen LogP) is 6.23. The van der Waals surface area contributed by atoms with E-state index in [0.717, 1.165) is 21.8 Å². The van der Waals surface area contributed by atoms with E-state index in [1.165, 1.54) is 0 Å². The Labute approximate surface area is 183 Å². The summed E-state index contributed by atoms with van der Waals surface area (Å²) in [7, 11) is 1.57. The van der Waals surface area contributed by atoms with E-state index in [0.29, 0.717) is 22.1 Å². The highest BCUT2D eigenvalue weighted by atomic mass is 35.5. The predicted molar refractivity (Wildman–Crippen MR) is 118 cm³/mol. The number of nitrogens with zero attached hydrogens (tertiary/aromatic N) is 1. The van der Waals surface area contributed by atoms with Gasteiger partial charge < -0.3 is 23.9 Å². The van der Waals surface area contributed by atoms with Gasteiger partial charge in [0.2, 0.25) is 5.88 Å². The number of benzene rings is 2. The molecule has 0 bridgehead atoms. The molecular weight excluding hydrogens is 420 g/mol. The molecule has 0 aliphatic rings. The van der Waals surface area contributed by atoms with Crippen molar-refractivity contribution < 1.29 is 23.7 Å².